The normalized spacial score (nSPS) is 27.6. The van der Waals surface area contributed by atoms with Crippen LogP contribution in [0.25, 0.3) is 0 Å². The third-order valence-corrected chi connectivity index (χ3v) is 5.84. The molecule has 1 fully saturated rings. The van der Waals surface area contributed by atoms with Crippen LogP contribution in [0.5, 0.6) is 5.75 Å². The molecular formula is C22H30N2O4. The standard InChI is InChI=1S/C22H30N2O4/c1-5-27-17-10-7-16(8-11-17)20-19(15(4)23-22(26)24-20)21(25)28-18-9-6-13(2)14(3)12-18/h7-8,10-11,13-14,18,20H,5-6,9,12H2,1-4H3,(H2,23,24,26)/t13-,14+,18+,20+/m0/s1. The van der Waals surface area contributed by atoms with Gasteiger partial charge in [0.1, 0.15) is 11.9 Å². The third kappa shape index (κ3) is 4.49. The van der Waals surface area contributed by atoms with Gasteiger partial charge in [0.25, 0.3) is 0 Å². The van der Waals surface area contributed by atoms with Gasteiger partial charge >= 0.3 is 12.0 Å². The maximum absolute atomic E-state index is 13.0. The number of carbonyl (C=O) groups excluding carboxylic acids is 2. The Bertz CT molecular complexity index is 756. The molecule has 1 aromatic carbocycles. The zero-order chi connectivity index (χ0) is 20.3. The molecule has 4 atom stereocenters. The number of nitrogens with one attached hydrogen (secondary N) is 2. The number of ether oxygens (including phenoxy) is 2. The summed E-state index contributed by atoms with van der Waals surface area (Å²) in [6.45, 7) is 8.70. The Morgan fingerprint density at radius 1 is 1.14 bits per heavy atom. The monoisotopic (exact) mass is 386 g/mol. The van der Waals surface area contributed by atoms with E-state index in [9.17, 15) is 9.59 Å². The second kappa shape index (κ2) is 8.67. The van der Waals surface area contributed by atoms with Gasteiger partial charge in [-0.2, -0.15) is 0 Å². The highest BCUT2D eigenvalue weighted by Gasteiger charge is 2.34. The Hall–Kier alpha value is -2.50. The summed E-state index contributed by atoms with van der Waals surface area (Å²) in [4.78, 5) is 25.1. The minimum absolute atomic E-state index is 0.0717. The average molecular weight is 386 g/mol. The SMILES string of the molecule is CCOc1ccc([C@H]2NC(=O)NC(C)=C2C(=O)O[C@@H]2CC[C@H](C)[C@H](C)C2)cc1. The summed E-state index contributed by atoms with van der Waals surface area (Å²) < 4.78 is 11.3. The first kappa shape index (κ1) is 20.2. The van der Waals surface area contributed by atoms with Crippen LogP contribution < -0.4 is 15.4 Å². The number of urea groups is 1. The highest BCUT2D eigenvalue weighted by molar-refractivity contribution is 5.95. The molecule has 0 radical (unpaired) electrons. The molecule has 1 aliphatic carbocycles. The summed E-state index contributed by atoms with van der Waals surface area (Å²) in [6.07, 6.45) is 2.76. The van der Waals surface area contributed by atoms with Crippen LogP contribution in [0.15, 0.2) is 35.5 Å². The van der Waals surface area contributed by atoms with E-state index in [-0.39, 0.29) is 18.1 Å². The van der Waals surface area contributed by atoms with Crippen molar-refractivity contribution in [3.8, 4) is 5.75 Å². The van der Waals surface area contributed by atoms with Crippen molar-refractivity contribution in [2.75, 3.05) is 6.61 Å². The molecule has 0 bridgehead atoms. The van der Waals surface area contributed by atoms with E-state index in [0.29, 0.717) is 29.7 Å². The fourth-order valence-electron chi connectivity index (χ4n) is 3.96. The molecule has 2 N–H and O–H groups in total. The Morgan fingerprint density at radius 3 is 2.50 bits per heavy atom. The molecule has 2 aliphatic rings. The molecular weight excluding hydrogens is 356 g/mol. The molecule has 152 valence electrons. The van der Waals surface area contributed by atoms with Gasteiger partial charge < -0.3 is 20.1 Å². The highest BCUT2D eigenvalue weighted by Crippen LogP contribution is 2.33. The van der Waals surface area contributed by atoms with Gasteiger partial charge in [0.05, 0.1) is 18.2 Å². The third-order valence-electron chi connectivity index (χ3n) is 5.84. The largest absolute Gasteiger partial charge is 0.494 e. The maximum Gasteiger partial charge on any atom is 0.338 e. The van der Waals surface area contributed by atoms with Gasteiger partial charge in [-0.15, -0.1) is 0 Å². The van der Waals surface area contributed by atoms with Crippen molar-refractivity contribution in [1.29, 1.82) is 0 Å². The lowest BCUT2D eigenvalue weighted by atomic mass is 9.80. The van der Waals surface area contributed by atoms with E-state index in [2.05, 4.69) is 24.5 Å². The molecule has 0 spiro atoms. The van der Waals surface area contributed by atoms with Crippen molar-refractivity contribution >= 4 is 12.0 Å². The van der Waals surface area contributed by atoms with Crippen LogP contribution in [-0.4, -0.2) is 24.7 Å². The number of esters is 1. The average Bonchev–Trinajstić information content (AvgIpc) is 2.65. The molecule has 3 rings (SSSR count). The zero-order valence-electron chi connectivity index (χ0n) is 17.1. The molecule has 1 aromatic rings. The van der Waals surface area contributed by atoms with Gasteiger partial charge in [-0.05, 0) is 62.6 Å². The minimum atomic E-state index is -0.545. The summed E-state index contributed by atoms with van der Waals surface area (Å²) in [6, 6.07) is 6.55. The predicted molar refractivity (Wildman–Crippen MR) is 107 cm³/mol. The second-order valence-corrected chi connectivity index (χ2v) is 7.87. The molecule has 2 amide bonds. The summed E-state index contributed by atoms with van der Waals surface area (Å²) in [7, 11) is 0. The smallest absolute Gasteiger partial charge is 0.338 e. The van der Waals surface area contributed by atoms with E-state index >= 15 is 0 Å². The Balaban J connectivity index is 1.80. The van der Waals surface area contributed by atoms with Crippen molar-refractivity contribution in [2.24, 2.45) is 11.8 Å². The van der Waals surface area contributed by atoms with Crippen LogP contribution in [-0.2, 0) is 9.53 Å². The summed E-state index contributed by atoms with van der Waals surface area (Å²) in [5.41, 5.74) is 1.80. The predicted octanol–water partition coefficient (Wildman–Crippen LogP) is 4.08. The molecule has 1 heterocycles. The lowest BCUT2D eigenvalue weighted by molar-refractivity contribution is -0.147. The van der Waals surface area contributed by atoms with E-state index in [0.717, 1.165) is 30.6 Å². The van der Waals surface area contributed by atoms with E-state index in [1.807, 2.05) is 31.2 Å². The number of carbonyl (C=O) groups is 2. The molecule has 28 heavy (non-hydrogen) atoms. The van der Waals surface area contributed by atoms with Gasteiger partial charge in [-0.3, -0.25) is 0 Å². The molecule has 0 aromatic heterocycles. The van der Waals surface area contributed by atoms with Crippen molar-refractivity contribution in [3.05, 3.63) is 41.1 Å². The lowest BCUT2D eigenvalue weighted by Crippen LogP contribution is -2.45. The Labute approximate surface area is 166 Å². The quantitative estimate of drug-likeness (QED) is 0.748. The fourth-order valence-corrected chi connectivity index (χ4v) is 3.96. The Morgan fingerprint density at radius 2 is 1.86 bits per heavy atom. The topological polar surface area (TPSA) is 76.7 Å². The first-order valence-electron chi connectivity index (χ1n) is 10.1. The summed E-state index contributed by atoms with van der Waals surface area (Å²) >= 11 is 0. The van der Waals surface area contributed by atoms with Crippen LogP contribution in [0.3, 0.4) is 0 Å². The number of rotatable bonds is 5. The first-order valence-corrected chi connectivity index (χ1v) is 10.1. The van der Waals surface area contributed by atoms with Crippen molar-refractivity contribution < 1.29 is 19.1 Å². The van der Waals surface area contributed by atoms with Gasteiger partial charge in [-0.25, -0.2) is 9.59 Å². The lowest BCUT2D eigenvalue weighted by Gasteiger charge is -2.33. The minimum Gasteiger partial charge on any atom is -0.494 e. The second-order valence-electron chi connectivity index (χ2n) is 7.87. The fraction of sp³-hybridized carbons (Fsp3) is 0.545. The van der Waals surface area contributed by atoms with Crippen LogP contribution in [0, 0.1) is 11.8 Å². The maximum atomic E-state index is 13.0. The van der Waals surface area contributed by atoms with Crippen LogP contribution in [0.4, 0.5) is 4.79 Å². The molecule has 0 unspecified atom stereocenters. The highest BCUT2D eigenvalue weighted by atomic mass is 16.5. The van der Waals surface area contributed by atoms with Gasteiger partial charge in [-0.1, -0.05) is 26.0 Å². The number of allylic oxidation sites excluding steroid dienone is 1. The number of hydrogen-bond donors (Lipinski definition) is 2. The molecule has 6 nitrogen and oxygen atoms in total. The molecule has 1 saturated carbocycles. The number of amides is 2. The van der Waals surface area contributed by atoms with Gasteiger partial charge in [0, 0.05) is 5.70 Å². The van der Waals surface area contributed by atoms with Gasteiger partial charge in [0.2, 0.25) is 0 Å². The number of hydrogen-bond acceptors (Lipinski definition) is 4. The summed E-state index contributed by atoms with van der Waals surface area (Å²) in [5, 5.41) is 5.55. The summed E-state index contributed by atoms with van der Waals surface area (Å²) in [5.74, 6) is 1.58. The number of benzene rings is 1. The van der Waals surface area contributed by atoms with Crippen LogP contribution in [0.2, 0.25) is 0 Å². The van der Waals surface area contributed by atoms with E-state index in [1.165, 1.54) is 0 Å². The molecule has 6 heteroatoms. The van der Waals surface area contributed by atoms with E-state index in [4.69, 9.17) is 9.47 Å². The van der Waals surface area contributed by atoms with E-state index < -0.39 is 6.04 Å². The first-order chi connectivity index (χ1) is 13.4. The van der Waals surface area contributed by atoms with Gasteiger partial charge in [0.15, 0.2) is 0 Å². The van der Waals surface area contributed by atoms with Crippen molar-refractivity contribution in [2.45, 2.75) is 59.1 Å². The van der Waals surface area contributed by atoms with Crippen molar-refractivity contribution in [1.82, 2.24) is 10.6 Å². The molecule has 1 aliphatic heterocycles. The Kier molecular flexibility index (Phi) is 6.27. The van der Waals surface area contributed by atoms with Crippen LogP contribution >= 0.6 is 0 Å². The molecule has 0 saturated heterocycles. The zero-order valence-corrected chi connectivity index (χ0v) is 17.1. The van der Waals surface area contributed by atoms with Crippen LogP contribution in [0.1, 0.15) is 58.6 Å². The van der Waals surface area contributed by atoms with Crippen molar-refractivity contribution in [3.63, 3.8) is 0 Å². The van der Waals surface area contributed by atoms with E-state index in [1.54, 1.807) is 6.92 Å².